The van der Waals surface area contributed by atoms with Gasteiger partial charge >= 0.3 is 24.3 Å². The van der Waals surface area contributed by atoms with Gasteiger partial charge in [-0.15, -0.1) is 0 Å². The molecule has 3 atom stereocenters. The molecule has 10 nitrogen and oxygen atoms in total. The van der Waals surface area contributed by atoms with Gasteiger partial charge in [0.1, 0.15) is 24.9 Å². The molecule has 0 radical (unpaired) electrons. The molecule has 0 bridgehead atoms. The zero-order chi connectivity index (χ0) is 20.1. The molecule has 3 aliphatic rings. The standard InChI is InChI=1S/C14H14F3N3O7/c15-14(16,17)4-18-12(24)27-3-6-5-1-2-19(13(25)26)9-7(5)20(10(9)21)8(6)11(22)23/h5,7,9H,1-4H2,(H,18,24)(H,22,23)(H,25,26)/t5?,7-,9+/m1/s1. The summed E-state index contributed by atoms with van der Waals surface area (Å²) in [4.78, 5) is 48.4. The Morgan fingerprint density at radius 1 is 1.26 bits per heavy atom. The van der Waals surface area contributed by atoms with Crippen LogP contribution in [0.4, 0.5) is 22.8 Å². The molecule has 0 aliphatic carbocycles. The molecule has 3 N–H and O–H groups in total. The van der Waals surface area contributed by atoms with E-state index in [2.05, 4.69) is 4.74 Å². The highest BCUT2D eigenvalue weighted by molar-refractivity contribution is 6.02. The molecule has 3 rings (SSSR count). The molecule has 0 aromatic rings. The fourth-order valence-corrected chi connectivity index (χ4v) is 3.77. The van der Waals surface area contributed by atoms with E-state index in [-0.39, 0.29) is 18.5 Å². The second-order valence-corrected chi connectivity index (χ2v) is 6.24. The second-order valence-electron chi connectivity index (χ2n) is 6.24. The number of amides is 3. The maximum atomic E-state index is 12.3. The number of β-lactam (4-membered cyclic amide) rings is 1. The number of alkyl carbamates (subject to hydrolysis) is 1. The average molecular weight is 393 g/mol. The molecule has 0 spiro atoms. The van der Waals surface area contributed by atoms with Crippen molar-refractivity contribution in [3.8, 4) is 0 Å². The lowest BCUT2D eigenvalue weighted by atomic mass is 9.78. The number of alkyl halides is 3. The molecule has 0 saturated carbocycles. The molecule has 2 fully saturated rings. The topological polar surface area (TPSA) is 136 Å². The predicted molar refractivity (Wildman–Crippen MR) is 77.3 cm³/mol. The Morgan fingerprint density at radius 3 is 2.48 bits per heavy atom. The van der Waals surface area contributed by atoms with Gasteiger partial charge in [0.15, 0.2) is 0 Å². The van der Waals surface area contributed by atoms with Gasteiger partial charge in [-0.1, -0.05) is 0 Å². The minimum atomic E-state index is -4.63. The van der Waals surface area contributed by atoms with Crippen LogP contribution < -0.4 is 5.32 Å². The minimum Gasteiger partial charge on any atom is -0.477 e. The first-order valence-electron chi connectivity index (χ1n) is 7.79. The molecule has 27 heavy (non-hydrogen) atoms. The number of hydrogen-bond acceptors (Lipinski definition) is 5. The van der Waals surface area contributed by atoms with Crippen LogP contribution in [0.25, 0.3) is 0 Å². The predicted octanol–water partition coefficient (Wildman–Crippen LogP) is 0.206. The van der Waals surface area contributed by atoms with E-state index in [1.165, 1.54) is 5.32 Å². The summed E-state index contributed by atoms with van der Waals surface area (Å²) >= 11 is 0. The van der Waals surface area contributed by atoms with E-state index in [1.807, 2.05) is 0 Å². The zero-order valence-electron chi connectivity index (χ0n) is 13.5. The van der Waals surface area contributed by atoms with Crippen molar-refractivity contribution < 1.29 is 47.3 Å². The first-order chi connectivity index (χ1) is 12.5. The van der Waals surface area contributed by atoms with E-state index in [9.17, 15) is 37.5 Å². The van der Waals surface area contributed by atoms with Crippen molar-refractivity contribution in [3.63, 3.8) is 0 Å². The number of rotatable bonds is 4. The number of nitrogens with one attached hydrogen (secondary N) is 1. The van der Waals surface area contributed by atoms with E-state index >= 15 is 0 Å². The molecule has 3 amide bonds. The number of hydrogen-bond donors (Lipinski definition) is 3. The largest absolute Gasteiger partial charge is 0.477 e. The third-order valence-electron chi connectivity index (χ3n) is 4.77. The van der Waals surface area contributed by atoms with Crippen molar-refractivity contribution in [3.05, 3.63) is 11.3 Å². The summed E-state index contributed by atoms with van der Waals surface area (Å²) in [5.74, 6) is -2.71. The molecule has 13 heteroatoms. The Hall–Kier alpha value is -2.99. The Balaban J connectivity index is 1.75. The summed E-state index contributed by atoms with van der Waals surface area (Å²) in [6, 6.07) is -1.74. The van der Waals surface area contributed by atoms with Gasteiger partial charge < -0.3 is 20.3 Å². The average Bonchev–Trinajstić information content (AvgIpc) is 2.89. The fourth-order valence-electron chi connectivity index (χ4n) is 3.77. The minimum absolute atomic E-state index is 0.0165. The first-order valence-corrected chi connectivity index (χ1v) is 7.79. The van der Waals surface area contributed by atoms with Gasteiger partial charge in [0.05, 0.1) is 6.04 Å². The van der Waals surface area contributed by atoms with Crippen LogP contribution in [-0.2, 0) is 14.3 Å². The molecule has 148 valence electrons. The number of nitrogens with zero attached hydrogens (tertiary/aromatic N) is 2. The van der Waals surface area contributed by atoms with Crippen molar-refractivity contribution >= 4 is 24.1 Å². The fraction of sp³-hybridized carbons (Fsp3) is 0.571. The zero-order valence-corrected chi connectivity index (χ0v) is 13.5. The van der Waals surface area contributed by atoms with Gasteiger partial charge in [0.2, 0.25) is 0 Å². The first kappa shape index (κ1) is 18.8. The van der Waals surface area contributed by atoms with Crippen molar-refractivity contribution in [1.82, 2.24) is 15.1 Å². The Kier molecular flexibility index (Phi) is 4.40. The van der Waals surface area contributed by atoms with E-state index in [0.717, 1.165) is 9.80 Å². The maximum absolute atomic E-state index is 12.3. The summed E-state index contributed by atoms with van der Waals surface area (Å²) in [7, 11) is 0. The number of piperidine rings is 1. The lowest BCUT2D eigenvalue weighted by Gasteiger charge is -2.52. The Morgan fingerprint density at radius 2 is 1.93 bits per heavy atom. The summed E-state index contributed by atoms with van der Waals surface area (Å²) < 4.78 is 41.0. The second kappa shape index (κ2) is 6.32. The maximum Gasteiger partial charge on any atom is 0.408 e. The monoisotopic (exact) mass is 393 g/mol. The van der Waals surface area contributed by atoms with Crippen LogP contribution in [0.3, 0.4) is 0 Å². The van der Waals surface area contributed by atoms with Gasteiger partial charge in [0.25, 0.3) is 5.91 Å². The number of aliphatic carboxylic acids is 1. The number of likely N-dealkylation sites (tertiary alicyclic amines) is 1. The summed E-state index contributed by atoms with van der Waals surface area (Å²) in [6.45, 7) is -2.24. The van der Waals surface area contributed by atoms with Crippen LogP contribution in [0.1, 0.15) is 6.42 Å². The van der Waals surface area contributed by atoms with E-state index in [1.54, 1.807) is 0 Å². The molecule has 2 saturated heterocycles. The highest BCUT2D eigenvalue weighted by atomic mass is 19.4. The molecule has 3 aliphatic heterocycles. The van der Waals surface area contributed by atoms with Gasteiger partial charge in [-0.3, -0.25) is 14.6 Å². The van der Waals surface area contributed by atoms with Crippen molar-refractivity contribution in [2.24, 2.45) is 5.92 Å². The highest BCUT2D eigenvalue weighted by Gasteiger charge is 2.64. The van der Waals surface area contributed by atoms with Gasteiger partial charge in [0, 0.05) is 18.0 Å². The molecule has 3 heterocycles. The third kappa shape index (κ3) is 3.13. The normalized spacial score (nSPS) is 26.5. The van der Waals surface area contributed by atoms with Gasteiger partial charge in [-0.05, 0) is 6.42 Å². The van der Waals surface area contributed by atoms with Gasteiger partial charge in [-0.2, -0.15) is 13.2 Å². The van der Waals surface area contributed by atoms with Crippen molar-refractivity contribution in [2.75, 3.05) is 19.7 Å². The van der Waals surface area contributed by atoms with Crippen LogP contribution in [0.15, 0.2) is 11.3 Å². The number of carboxylic acid groups (broad SMARTS) is 2. The summed E-state index contributed by atoms with van der Waals surface area (Å²) in [6.07, 6.45) is -7.13. The molecule has 1 unspecified atom stereocenters. The number of carboxylic acids is 1. The Bertz CT molecular complexity index is 751. The number of ether oxygens (including phenoxy) is 1. The van der Waals surface area contributed by atoms with Gasteiger partial charge in [-0.25, -0.2) is 14.4 Å². The number of halogens is 3. The molecular weight excluding hydrogens is 379 g/mol. The lowest BCUT2D eigenvalue weighted by Crippen LogP contribution is -2.73. The smallest absolute Gasteiger partial charge is 0.408 e. The van der Waals surface area contributed by atoms with Crippen molar-refractivity contribution in [1.29, 1.82) is 0 Å². The summed E-state index contributed by atoms with van der Waals surface area (Å²) in [5.41, 5.74) is -0.336. The van der Waals surface area contributed by atoms with E-state index in [4.69, 9.17) is 5.11 Å². The van der Waals surface area contributed by atoms with Crippen LogP contribution >= 0.6 is 0 Å². The molecule has 0 aromatic heterocycles. The SMILES string of the molecule is O=C(NCC(F)(F)F)OCC1=C(C(=O)O)N2C(=O)[C@@H]3[C@H]2C1CCN3C(=O)O. The Labute approximate surface area is 149 Å². The third-order valence-corrected chi connectivity index (χ3v) is 4.77. The van der Waals surface area contributed by atoms with E-state index in [0.29, 0.717) is 0 Å². The van der Waals surface area contributed by atoms with Crippen LogP contribution in [-0.4, -0.2) is 82.0 Å². The number of carbonyl (C=O) groups is 4. The molecular formula is C14H14F3N3O7. The number of carbonyl (C=O) groups excluding carboxylic acids is 2. The lowest BCUT2D eigenvalue weighted by molar-refractivity contribution is -0.161. The quantitative estimate of drug-likeness (QED) is 0.581. The van der Waals surface area contributed by atoms with Crippen LogP contribution in [0.5, 0.6) is 0 Å². The highest BCUT2D eigenvalue weighted by Crippen LogP contribution is 2.48. The van der Waals surface area contributed by atoms with Crippen molar-refractivity contribution in [2.45, 2.75) is 24.7 Å². The van der Waals surface area contributed by atoms with Crippen LogP contribution in [0, 0.1) is 5.92 Å². The summed E-state index contributed by atoms with van der Waals surface area (Å²) in [5, 5.41) is 20.1. The van der Waals surface area contributed by atoms with E-state index < -0.39 is 67.1 Å². The molecule has 0 aromatic carbocycles. The van der Waals surface area contributed by atoms with Crippen LogP contribution in [0.2, 0.25) is 0 Å².